The number of hydrogen-bond acceptors (Lipinski definition) is 3. The summed E-state index contributed by atoms with van der Waals surface area (Å²) in [5, 5.41) is 0. The van der Waals surface area contributed by atoms with Gasteiger partial charge in [0.25, 0.3) is 0 Å². The molecule has 1 unspecified atom stereocenters. The zero-order chi connectivity index (χ0) is 13.8. The van der Waals surface area contributed by atoms with Gasteiger partial charge in [0.15, 0.2) is 0 Å². The normalized spacial score (nSPS) is 12.6. The maximum atomic E-state index is 14.0. The Kier molecular flexibility index (Phi) is 4.66. The SMILES string of the molecule is CCC(N)Cc1cccc(F)c1Sc1ccoc1C. The molecular formula is C15H18FNOS. The molecule has 1 aromatic carbocycles. The minimum Gasteiger partial charge on any atom is -0.468 e. The molecule has 2 N–H and O–H groups in total. The lowest BCUT2D eigenvalue weighted by atomic mass is 10.0. The first-order valence-electron chi connectivity index (χ1n) is 6.36. The summed E-state index contributed by atoms with van der Waals surface area (Å²) in [7, 11) is 0. The molecule has 0 aliphatic carbocycles. The zero-order valence-electron chi connectivity index (χ0n) is 11.2. The van der Waals surface area contributed by atoms with Gasteiger partial charge in [-0.05, 0) is 37.5 Å². The van der Waals surface area contributed by atoms with Crippen molar-refractivity contribution < 1.29 is 8.81 Å². The maximum absolute atomic E-state index is 14.0. The van der Waals surface area contributed by atoms with Crippen LogP contribution in [-0.2, 0) is 6.42 Å². The molecule has 1 aromatic heterocycles. The summed E-state index contributed by atoms with van der Waals surface area (Å²) in [5.41, 5.74) is 6.94. The minimum absolute atomic E-state index is 0.0617. The van der Waals surface area contributed by atoms with Crippen LogP contribution in [-0.4, -0.2) is 6.04 Å². The first-order chi connectivity index (χ1) is 9.11. The highest BCUT2D eigenvalue weighted by Crippen LogP contribution is 2.35. The van der Waals surface area contributed by atoms with E-state index < -0.39 is 0 Å². The number of furan rings is 1. The lowest BCUT2D eigenvalue weighted by Gasteiger charge is -2.13. The Morgan fingerprint density at radius 1 is 1.37 bits per heavy atom. The Hall–Kier alpha value is -1.26. The lowest BCUT2D eigenvalue weighted by Crippen LogP contribution is -2.21. The highest BCUT2D eigenvalue weighted by Gasteiger charge is 2.14. The zero-order valence-corrected chi connectivity index (χ0v) is 12.0. The summed E-state index contributed by atoms with van der Waals surface area (Å²) in [6, 6.07) is 7.08. The van der Waals surface area contributed by atoms with E-state index in [9.17, 15) is 4.39 Å². The molecule has 0 aliphatic heterocycles. The summed E-state index contributed by atoms with van der Waals surface area (Å²) in [5.74, 6) is 0.602. The van der Waals surface area contributed by atoms with E-state index in [1.165, 1.54) is 17.8 Å². The van der Waals surface area contributed by atoms with E-state index in [0.717, 1.165) is 22.6 Å². The second kappa shape index (κ2) is 6.26. The molecule has 0 fully saturated rings. The minimum atomic E-state index is -0.202. The van der Waals surface area contributed by atoms with Crippen molar-refractivity contribution in [2.45, 2.75) is 42.5 Å². The second-order valence-corrected chi connectivity index (χ2v) is 5.60. The van der Waals surface area contributed by atoms with Gasteiger partial charge in [-0.1, -0.05) is 30.8 Å². The molecule has 1 heterocycles. The largest absolute Gasteiger partial charge is 0.468 e. The number of benzene rings is 1. The lowest BCUT2D eigenvalue weighted by molar-refractivity contribution is 0.526. The van der Waals surface area contributed by atoms with E-state index in [-0.39, 0.29) is 11.9 Å². The van der Waals surface area contributed by atoms with Gasteiger partial charge in [0.1, 0.15) is 11.6 Å². The smallest absolute Gasteiger partial charge is 0.137 e. The molecule has 102 valence electrons. The van der Waals surface area contributed by atoms with Gasteiger partial charge in [0.2, 0.25) is 0 Å². The van der Waals surface area contributed by atoms with E-state index in [4.69, 9.17) is 10.2 Å². The maximum Gasteiger partial charge on any atom is 0.137 e. The van der Waals surface area contributed by atoms with Gasteiger partial charge in [-0.2, -0.15) is 0 Å². The third kappa shape index (κ3) is 3.39. The van der Waals surface area contributed by atoms with Crippen molar-refractivity contribution in [1.82, 2.24) is 0 Å². The fraction of sp³-hybridized carbons (Fsp3) is 0.333. The Labute approximate surface area is 117 Å². The van der Waals surface area contributed by atoms with E-state index in [0.29, 0.717) is 11.3 Å². The van der Waals surface area contributed by atoms with Crippen LogP contribution in [0, 0.1) is 12.7 Å². The summed E-state index contributed by atoms with van der Waals surface area (Å²) >= 11 is 1.40. The molecule has 0 saturated heterocycles. The van der Waals surface area contributed by atoms with Crippen LogP contribution in [0.1, 0.15) is 24.7 Å². The average molecular weight is 279 g/mol. The van der Waals surface area contributed by atoms with Crippen molar-refractivity contribution in [2.24, 2.45) is 5.73 Å². The number of halogens is 1. The highest BCUT2D eigenvalue weighted by atomic mass is 32.2. The van der Waals surface area contributed by atoms with Crippen LogP contribution in [0.15, 0.2) is 44.7 Å². The van der Waals surface area contributed by atoms with Crippen LogP contribution < -0.4 is 5.73 Å². The van der Waals surface area contributed by atoms with E-state index >= 15 is 0 Å². The van der Waals surface area contributed by atoms with Crippen LogP contribution in [0.2, 0.25) is 0 Å². The molecule has 19 heavy (non-hydrogen) atoms. The summed E-state index contributed by atoms with van der Waals surface area (Å²) in [6.45, 7) is 3.91. The number of rotatable bonds is 5. The van der Waals surface area contributed by atoms with E-state index in [1.807, 2.05) is 26.0 Å². The molecule has 2 nitrogen and oxygen atoms in total. The topological polar surface area (TPSA) is 39.2 Å². The van der Waals surface area contributed by atoms with Crippen molar-refractivity contribution >= 4 is 11.8 Å². The number of hydrogen-bond donors (Lipinski definition) is 1. The Balaban J connectivity index is 2.30. The fourth-order valence-electron chi connectivity index (χ4n) is 1.84. The summed E-state index contributed by atoms with van der Waals surface area (Å²) in [6.07, 6.45) is 3.19. The van der Waals surface area contributed by atoms with Gasteiger partial charge in [0, 0.05) is 6.04 Å². The van der Waals surface area contributed by atoms with E-state index in [1.54, 1.807) is 12.3 Å². The monoisotopic (exact) mass is 279 g/mol. The van der Waals surface area contributed by atoms with Gasteiger partial charge in [-0.3, -0.25) is 0 Å². The second-order valence-electron chi connectivity index (χ2n) is 4.54. The van der Waals surface area contributed by atoms with Crippen LogP contribution in [0.4, 0.5) is 4.39 Å². The molecule has 0 aliphatic rings. The third-order valence-corrected chi connectivity index (χ3v) is 4.38. The van der Waals surface area contributed by atoms with Gasteiger partial charge in [-0.25, -0.2) is 4.39 Å². The van der Waals surface area contributed by atoms with Crippen LogP contribution in [0.5, 0.6) is 0 Å². The van der Waals surface area contributed by atoms with Crippen LogP contribution >= 0.6 is 11.8 Å². The van der Waals surface area contributed by atoms with Crippen molar-refractivity contribution in [1.29, 1.82) is 0 Å². The number of nitrogens with two attached hydrogens (primary N) is 1. The van der Waals surface area contributed by atoms with Crippen LogP contribution in [0.3, 0.4) is 0 Å². The molecular weight excluding hydrogens is 261 g/mol. The van der Waals surface area contributed by atoms with E-state index in [2.05, 4.69) is 0 Å². The fourth-order valence-corrected chi connectivity index (χ4v) is 2.83. The molecule has 2 rings (SSSR count). The van der Waals surface area contributed by atoms with Crippen LogP contribution in [0.25, 0.3) is 0 Å². The molecule has 2 aromatic rings. The first kappa shape index (κ1) is 14.2. The predicted molar refractivity (Wildman–Crippen MR) is 75.9 cm³/mol. The van der Waals surface area contributed by atoms with Crippen molar-refractivity contribution in [2.75, 3.05) is 0 Å². The average Bonchev–Trinajstić information content (AvgIpc) is 2.79. The Morgan fingerprint density at radius 3 is 2.79 bits per heavy atom. The summed E-state index contributed by atoms with van der Waals surface area (Å²) in [4.78, 5) is 1.59. The summed E-state index contributed by atoms with van der Waals surface area (Å²) < 4.78 is 19.3. The number of aryl methyl sites for hydroxylation is 1. The van der Waals surface area contributed by atoms with Gasteiger partial charge in [-0.15, -0.1) is 0 Å². The Bertz CT molecular complexity index is 553. The third-order valence-electron chi connectivity index (χ3n) is 3.08. The van der Waals surface area contributed by atoms with Crippen molar-refractivity contribution in [3.8, 4) is 0 Å². The quantitative estimate of drug-likeness (QED) is 0.893. The molecule has 4 heteroatoms. The molecule has 0 amide bonds. The molecule has 0 spiro atoms. The first-order valence-corrected chi connectivity index (χ1v) is 7.18. The van der Waals surface area contributed by atoms with Gasteiger partial charge >= 0.3 is 0 Å². The van der Waals surface area contributed by atoms with Gasteiger partial charge < -0.3 is 10.2 Å². The van der Waals surface area contributed by atoms with Crippen molar-refractivity contribution in [3.63, 3.8) is 0 Å². The standard InChI is InChI=1S/C15H18FNOS/c1-3-12(17)9-11-5-4-6-13(16)15(11)19-14-7-8-18-10(14)2/h4-8,12H,3,9,17H2,1-2H3. The van der Waals surface area contributed by atoms with Gasteiger partial charge in [0.05, 0.1) is 16.1 Å². The molecule has 0 radical (unpaired) electrons. The predicted octanol–water partition coefficient (Wildman–Crippen LogP) is 4.16. The van der Waals surface area contributed by atoms with Crippen molar-refractivity contribution in [3.05, 3.63) is 47.7 Å². The molecule has 1 atom stereocenters. The molecule has 0 bridgehead atoms. The Morgan fingerprint density at radius 2 is 2.16 bits per heavy atom. The molecule has 0 saturated carbocycles. The highest BCUT2D eigenvalue weighted by molar-refractivity contribution is 7.99.